The van der Waals surface area contributed by atoms with Crippen molar-refractivity contribution in [3.05, 3.63) is 90.0 Å². The van der Waals surface area contributed by atoms with Crippen LogP contribution in [0.3, 0.4) is 0 Å². The van der Waals surface area contributed by atoms with Crippen LogP contribution < -0.4 is 10.6 Å². The van der Waals surface area contributed by atoms with Gasteiger partial charge >= 0.3 is 0 Å². The van der Waals surface area contributed by atoms with Crippen LogP contribution in [0, 0.1) is 0 Å². The summed E-state index contributed by atoms with van der Waals surface area (Å²) in [6.45, 7) is 1.49. The van der Waals surface area contributed by atoms with Crippen molar-refractivity contribution in [2.45, 2.75) is 11.3 Å². The van der Waals surface area contributed by atoms with E-state index in [1.54, 1.807) is 36.4 Å². The standard InChI is InChI=1S/C25H20N4O3S2/c1-16(30)17-11-13-21(14-12-17)26-22(31)15-33-25-29-28-24(34-25)27-23(32)20-9-7-19(8-10-20)18-5-3-2-4-6-18/h2-14H,15H2,1H3,(H,26,31)(H,27,28,32). The summed E-state index contributed by atoms with van der Waals surface area (Å²) in [4.78, 5) is 36.1. The van der Waals surface area contributed by atoms with Crippen LogP contribution in [-0.2, 0) is 4.79 Å². The lowest BCUT2D eigenvalue weighted by molar-refractivity contribution is -0.113. The van der Waals surface area contributed by atoms with Gasteiger partial charge in [-0.1, -0.05) is 65.6 Å². The Balaban J connectivity index is 1.28. The lowest BCUT2D eigenvalue weighted by atomic mass is 10.0. The van der Waals surface area contributed by atoms with Crippen LogP contribution in [0.5, 0.6) is 0 Å². The Hall–Kier alpha value is -3.82. The van der Waals surface area contributed by atoms with Gasteiger partial charge in [0, 0.05) is 16.8 Å². The highest BCUT2D eigenvalue weighted by atomic mass is 32.2. The van der Waals surface area contributed by atoms with Crippen molar-refractivity contribution in [2.75, 3.05) is 16.4 Å². The smallest absolute Gasteiger partial charge is 0.257 e. The van der Waals surface area contributed by atoms with Crippen LogP contribution in [0.1, 0.15) is 27.6 Å². The van der Waals surface area contributed by atoms with E-state index in [4.69, 9.17) is 0 Å². The molecule has 4 aromatic rings. The molecule has 7 nitrogen and oxygen atoms in total. The molecule has 0 radical (unpaired) electrons. The monoisotopic (exact) mass is 488 g/mol. The van der Waals surface area contributed by atoms with Gasteiger partial charge in [0.15, 0.2) is 10.1 Å². The molecule has 0 aliphatic rings. The number of ketones is 1. The van der Waals surface area contributed by atoms with Gasteiger partial charge in [-0.25, -0.2) is 0 Å². The third-order valence-corrected chi connectivity index (χ3v) is 6.76. The minimum atomic E-state index is -0.279. The Labute approximate surface area is 204 Å². The highest BCUT2D eigenvalue weighted by Crippen LogP contribution is 2.26. The van der Waals surface area contributed by atoms with E-state index in [9.17, 15) is 14.4 Å². The average Bonchev–Trinajstić information content (AvgIpc) is 3.31. The predicted octanol–water partition coefficient (Wildman–Crippen LogP) is 5.39. The van der Waals surface area contributed by atoms with Gasteiger partial charge in [-0.05, 0) is 54.4 Å². The number of rotatable bonds is 8. The second kappa shape index (κ2) is 10.9. The summed E-state index contributed by atoms with van der Waals surface area (Å²) >= 11 is 2.43. The van der Waals surface area contributed by atoms with Gasteiger partial charge in [-0.15, -0.1) is 10.2 Å². The number of aromatic nitrogens is 2. The molecule has 0 aliphatic heterocycles. The van der Waals surface area contributed by atoms with Crippen molar-refractivity contribution in [3.8, 4) is 11.1 Å². The first-order valence-corrected chi connectivity index (χ1v) is 12.1. The molecule has 3 aromatic carbocycles. The summed E-state index contributed by atoms with van der Waals surface area (Å²) in [6, 6.07) is 24.0. The number of anilines is 2. The van der Waals surface area contributed by atoms with E-state index in [1.165, 1.54) is 30.0 Å². The second-order valence-corrected chi connectivity index (χ2v) is 9.44. The molecule has 4 rings (SSSR count). The van der Waals surface area contributed by atoms with Gasteiger partial charge in [0.1, 0.15) is 0 Å². The van der Waals surface area contributed by atoms with Gasteiger partial charge in [-0.3, -0.25) is 19.7 Å². The summed E-state index contributed by atoms with van der Waals surface area (Å²) in [5.41, 5.74) is 3.82. The first-order chi connectivity index (χ1) is 16.5. The van der Waals surface area contributed by atoms with Crippen molar-refractivity contribution in [2.24, 2.45) is 0 Å². The molecular formula is C25H20N4O3S2. The first kappa shape index (κ1) is 23.3. The van der Waals surface area contributed by atoms with Crippen LogP contribution in [0.15, 0.2) is 83.2 Å². The average molecular weight is 489 g/mol. The summed E-state index contributed by atoms with van der Waals surface area (Å²) in [7, 11) is 0. The maximum atomic E-state index is 12.5. The molecule has 0 bridgehead atoms. The molecule has 2 N–H and O–H groups in total. The Morgan fingerprint density at radius 1 is 0.794 bits per heavy atom. The molecule has 34 heavy (non-hydrogen) atoms. The largest absolute Gasteiger partial charge is 0.325 e. The molecule has 0 saturated heterocycles. The molecular weight excluding hydrogens is 468 g/mol. The van der Waals surface area contributed by atoms with Crippen molar-refractivity contribution >= 4 is 51.5 Å². The fourth-order valence-corrected chi connectivity index (χ4v) is 4.59. The lowest BCUT2D eigenvalue weighted by Gasteiger charge is -2.05. The zero-order valence-electron chi connectivity index (χ0n) is 18.1. The fraction of sp³-hybridized carbons (Fsp3) is 0.0800. The number of amides is 2. The minimum absolute atomic E-state index is 0.0307. The lowest BCUT2D eigenvalue weighted by Crippen LogP contribution is -2.14. The van der Waals surface area contributed by atoms with Crippen molar-refractivity contribution < 1.29 is 14.4 Å². The number of nitrogens with one attached hydrogen (secondary N) is 2. The van der Waals surface area contributed by atoms with E-state index >= 15 is 0 Å². The first-order valence-electron chi connectivity index (χ1n) is 10.3. The number of carbonyl (C=O) groups is 3. The predicted molar refractivity (Wildman–Crippen MR) is 136 cm³/mol. The molecule has 0 saturated carbocycles. The minimum Gasteiger partial charge on any atom is -0.325 e. The van der Waals surface area contributed by atoms with E-state index in [-0.39, 0.29) is 23.4 Å². The zero-order valence-corrected chi connectivity index (χ0v) is 19.8. The van der Waals surface area contributed by atoms with Crippen LogP contribution in [0.2, 0.25) is 0 Å². The van der Waals surface area contributed by atoms with Crippen LogP contribution in [0.4, 0.5) is 10.8 Å². The van der Waals surface area contributed by atoms with Crippen LogP contribution in [-0.4, -0.2) is 33.5 Å². The topological polar surface area (TPSA) is 101 Å². The van der Waals surface area contributed by atoms with Crippen molar-refractivity contribution in [1.29, 1.82) is 0 Å². The van der Waals surface area contributed by atoms with E-state index in [2.05, 4.69) is 20.8 Å². The molecule has 0 fully saturated rings. The summed E-state index contributed by atoms with van der Waals surface area (Å²) in [6.07, 6.45) is 0. The summed E-state index contributed by atoms with van der Waals surface area (Å²) in [5, 5.41) is 13.9. The Kier molecular flexibility index (Phi) is 7.46. The Morgan fingerprint density at radius 2 is 1.44 bits per heavy atom. The number of hydrogen-bond donors (Lipinski definition) is 2. The van der Waals surface area contributed by atoms with E-state index in [0.29, 0.717) is 26.3 Å². The molecule has 2 amide bonds. The molecule has 0 unspecified atom stereocenters. The third kappa shape index (κ3) is 6.15. The highest BCUT2D eigenvalue weighted by Gasteiger charge is 2.12. The van der Waals surface area contributed by atoms with Gasteiger partial charge in [0.2, 0.25) is 11.0 Å². The fourth-order valence-electron chi connectivity index (χ4n) is 3.05. The van der Waals surface area contributed by atoms with Gasteiger partial charge in [0.05, 0.1) is 5.75 Å². The highest BCUT2D eigenvalue weighted by molar-refractivity contribution is 8.01. The van der Waals surface area contributed by atoms with Gasteiger partial charge < -0.3 is 5.32 Å². The maximum Gasteiger partial charge on any atom is 0.257 e. The molecule has 1 aromatic heterocycles. The van der Waals surface area contributed by atoms with E-state index < -0.39 is 0 Å². The molecule has 1 heterocycles. The van der Waals surface area contributed by atoms with Crippen molar-refractivity contribution in [3.63, 3.8) is 0 Å². The quantitative estimate of drug-likeness (QED) is 0.196. The summed E-state index contributed by atoms with van der Waals surface area (Å²) < 4.78 is 0.566. The second-order valence-electron chi connectivity index (χ2n) is 7.24. The van der Waals surface area contributed by atoms with Crippen LogP contribution in [0.25, 0.3) is 11.1 Å². The van der Waals surface area contributed by atoms with E-state index in [1.807, 2.05) is 42.5 Å². The Morgan fingerprint density at radius 3 is 2.12 bits per heavy atom. The van der Waals surface area contributed by atoms with Crippen molar-refractivity contribution in [1.82, 2.24) is 10.2 Å². The molecule has 0 atom stereocenters. The number of nitrogens with zero attached hydrogens (tertiary/aromatic N) is 2. The molecule has 0 spiro atoms. The normalized spacial score (nSPS) is 10.5. The Bertz CT molecular complexity index is 1300. The van der Waals surface area contributed by atoms with Gasteiger partial charge in [-0.2, -0.15) is 0 Å². The summed E-state index contributed by atoms with van der Waals surface area (Å²) in [5.74, 6) is -0.381. The molecule has 170 valence electrons. The van der Waals surface area contributed by atoms with E-state index in [0.717, 1.165) is 11.1 Å². The molecule has 9 heteroatoms. The number of hydrogen-bond acceptors (Lipinski definition) is 7. The third-order valence-electron chi connectivity index (χ3n) is 4.78. The number of thioether (sulfide) groups is 1. The van der Waals surface area contributed by atoms with Crippen LogP contribution >= 0.6 is 23.1 Å². The SMILES string of the molecule is CC(=O)c1ccc(NC(=O)CSc2nnc(NC(=O)c3ccc(-c4ccccc4)cc3)s2)cc1. The number of benzene rings is 3. The zero-order chi connectivity index (χ0) is 23.9. The molecule has 0 aliphatic carbocycles. The number of Topliss-reactive ketones (excluding diaryl/α,β-unsaturated/α-hetero) is 1. The maximum absolute atomic E-state index is 12.5. The number of carbonyl (C=O) groups excluding carboxylic acids is 3. The van der Waals surface area contributed by atoms with Gasteiger partial charge in [0.25, 0.3) is 5.91 Å².